The average molecular weight is 332 g/mol. The second-order valence-electron chi connectivity index (χ2n) is 6.15. The Morgan fingerprint density at radius 3 is 2.80 bits per heavy atom. The summed E-state index contributed by atoms with van der Waals surface area (Å²) in [5, 5.41) is 14.5. The molecule has 1 atom stereocenters. The number of hydrogen-bond donors (Lipinski definition) is 1. The first-order valence-corrected chi connectivity index (χ1v) is 8.33. The first-order chi connectivity index (χ1) is 12.2. The Hall–Kier alpha value is -2.92. The van der Waals surface area contributed by atoms with Crippen LogP contribution in [0.3, 0.4) is 0 Å². The van der Waals surface area contributed by atoms with Crippen LogP contribution in [-0.2, 0) is 6.54 Å². The molecule has 126 valence electrons. The van der Waals surface area contributed by atoms with Crippen LogP contribution in [0, 0.1) is 0 Å². The number of ether oxygens (including phenoxy) is 1. The molecule has 4 aromatic rings. The van der Waals surface area contributed by atoms with Crippen molar-refractivity contribution in [3.8, 4) is 5.75 Å². The number of rotatable bonds is 5. The molecule has 4 rings (SSSR count). The van der Waals surface area contributed by atoms with Gasteiger partial charge in [0.2, 0.25) is 0 Å². The molecule has 1 N–H and O–H groups in total. The molecule has 2 aromatic carbocycles. The lowest BCUT2D eigenvalue weighted by molar-refractivity contribution is 0.415. The van der Waals surface area contributed by atoms with Gasteiger partial charge in [0.25, 0.3) is 0 Å². The summed E-state index contributed by atoms with van der Waals surface area (Å²) >= 11 is 0. The number of hydrogen-bond acceptors (Lipinski definition) is 4. The molecule has 1 unspecified atom stereocenters. The van der Waals surface area contributed by atoms with Gasteiger partial charge in [0.1, 0.15) is 5.75 Å². The predicted octanol–water partition coefficient (Wildman–Crippen LogP) is 3.74. The monoisotopic (exact) mass is 332 g/mol. The number of fused-ring (bicyclic) bond motifs is 2. The summed E-state index contributed by atoms with van der Waals surface area (Å²) in [4.78, 5) is 0. The molecule has 2 aromatic heterocycles. The molecule has 0 bridgehead atoms. The van der Waals surface area contributed by atoms with Gasteiger partial charge in [-0.1, -0.05) is 18.2 Å². The second-order valence-corrected chi connectivity index (χ2v) is 6.15. The molecule has 0 aliphatic rings. The summed E-state index contributed by atoms with van der Waals surface area (Å²) in [5.41, 5.74) is 3.44. The maximum Gasteiger partial charge on any atom is 0.119 e. The van der Waals surface area contributed by atoms with Crippen molar-refractivity contribution in [2.75, 3.05) is 7.11 Å². The molecule has 0 fully saturated rings. The van der Waals surface area contributed by atoms with Gasteiger partial charge in [-0.05, 0) is 53.6 Å². The molecule has 0 aliphatic heterocycles. The molecular weight excluding hydrogens is 312 g/mol. The largest absolute Gasteiger partial charge is 0.497 e. The molecule has 5 heteroatoms. The lowest BCUT2D eigenvalue weighted by atomic mass is 10.1. The van der Waals surface area contributed by atoms with Crippen LogP contribution in [0.5, 0.6) is 5.75 Å². The van der Waals surface area contributed by atoms with Gasteiger partial charge >= 0.3 is 0 Å². The van der Waals surface area contributed by atoms with E-state index < -0.39 is 0 Å². The van der Waals surface area contributed by atoms with E-state index >= 15 is 0 Å². The third-order valence-corrected chi connectivity index (χ3v) is 4.52. The Bertz CT molecular complexity index is 1020. The van der Waals surface area contributed by atoms with E-state index in [1.54, 1.807) is 17.9 Å². The van der Waals surface area contributed by atoms with Gasteiger partial charge in [-0.2, -0.15) is 14.8 Å². The van der Waals surface area contributed by atoms with Crippen LogP contribution in [0.2, 0.25) is 0 Å². The number of nitrogens with one attached hydrogen (secondary N) is 1. The molecule has 25 heavy (non-hydrogen) atoms. The maximum absolute atomic E-state index is 5.28. The summed E-state index contributed by atoms with van der Waals surface area (Å²) in [6.07, 6.45) is 3.62. The molecule has 0 spiro atoms. The van der Waals surface area contributed by atoms with Crippen molar-refractivity contribution in [1.82, 2.24) is 20.1 Å². The molecule has 0 aliphatic carbocycles. The van der Waals surface area contributed by atoms with Crippen LogP contribution in [0.25, 0.3) is 16.3 Å². The fourth-order valence-electron chi connectivity index (χ4n) is 3.08. The Balaban J connectivity index is 1.51. The minimum absolute atomic E-state index is 0.188. The first kappa shape index (κ1) is 15.6. The summed E-state index contributed by atoms with van der Waals surface area (Å²) in [7, 11) is 1.69. The summed E-state index contributed by atoms with van der Waals surface area (Å²) in [6.45, 7) is 2.94. The molecule has 5 nitrogen and oxygen atoms in total. The number of methoxy groups -OCH3 is 1. The molecule has 0 amide bonds. The van der Waals surface area contributed by atoms with E-state index in [-0.39, 0.29) is 6.04 Å². The Morgan fingerprint density at radius 1 is 1.08 bits per heavy atom. The van der Waals surface area contributed by atoms with E-state index in [2.05, 4.69) is 52.8 Å². The van der Waals surface area contributed by atoms with Crippen LogP contribution in [-0.4, -0.2) is 21.9 Å². The van der Waals surface area contributed by atoms with E-state index in [0.29, 0.717) is 0 Å². The molecule has 2 heterocycles. The molecule has 0 saturated heterocycles. The van der Waals surface area contributed by atoms with E-state index in [4.69, 9.17) is 4.74 Å². The lowest BCUT2D eigenvalue weighted by Crippen LogP contribution is -2.18. The van der Waals surface area contributed by atoms with E-state index in [9.17, 15) is 0 Å². The van der Waals surface area contributed by atoms with Gasteiger partial charge in [-0.3, -0.25) is 0 Å². The Morgan fingerprint density at radius 2 is 1.92 bits per heavy atom. The van der Waals surface area contributed by atoms with Crippen LogP contribution >= 0.6 is 0 Å². The minimum atomic E-state index is 0.188. The number of aromatic nitrogens is 3. The van der Waals surface area contributed by atoms with Gasteiger partial charge in [0.05, 0.1) is 18.8 Å². The maximum atomic E-state index is 5.28. The number of nitrogens with zero attached hydrogens (tertiary/aromatic N) is 3. The Labute approximate surface area is 146 Å². The highest BCUT2D eigenvalue weighted by atomic mass is 16.5. The zero-order valence-electron chi connectivity index (χ0n) is 14.3. The Kier molecular flexibility index (Phi) is 4.07. The van der Waals surface area contributed by atoms with Crippen molar-refractivity contribution in [2.24, 2.45) is 0 Å². The standard InChI is InChI=1S/C20H20N4O/c1-14(19-13-23-24-20(19)4-3-9-22-24)21-12-15-5-6-17-11-18(25-2)8-7-16(17)10-15/h3-11,13-14,21H,12H2,1-2H3. The van der Waals surface area contributed by atoms with Crippen molar-refractivity contribution < 1.29 is 4.74 Å². The fraction of sp³-hybridized carbons (Fsp3) is 0.200. The van der Waals surface area contributed by atoms with Crippen LogP contribution in [0.1, 0.15) is 24.1 Å². The molecular formula is C20H20N4O. The summed E-state index contributed by atoms with van der Waals surface area (Å²) in [5.74, 6) is 0.883. The lowest BCUT2D eigenvalue weighted by Gasteiger charge is -2.13. The van der Waals surface area contributed by atoms with Crippen molar-refractivity contribution in [1.29, 1.82) is 0 Å². The molecule has 0 radical (unpaired) electrons. The van der Waals surface area contributed by atoms with Crippen LogP contribution in [0.15, 0.2) is 60.9 Å². The highest BCUT2D eigenvalue weighted by Gasteiger charge is 2.11. The van der Waals surface area contributed by atoms with Crippen molar-refractivity contribution in [3.05, 3.63) is 72.1 Å². The smallest absolute Gasteiger partial charge is 0.119 e. The summed E-state index contributed by atoms with van der Waals surface area (Å²) < 4.78 is 6.95. The SMILES string of the molecule is COc1ccc2cc(CNC(C)c3cnn4ncccc34)ccc2c1. The highest BCUT2D eigenvalue weighted by molar-refractivity contribution is 5.84. The van der Waals surface area contributed by atoms with Gasteiger partial charge in [-0.15, -0.1) is 0 Å². The van der Waals surface area contributed by atoms with Gasteiger partial charge in [-0.25, -0.2) is 0 Å². The van der Waals surface area contributed by atoms with Gasteiger partial charge in [0.15, 0.2) is 0 Å². The average Bonchev–Trinajstić information content (AvgIpc) is 3.09. The quantitative estimate of drug-likeness (QED) is 0.605. The van der Waals surface area contributed by atoms with Gasteiger partial charge < -0.3 is 10.1 Å². The number of benzene rings is 2. The van der Waals surface area contributed by atoms with Crippen LogP contribution < -0.4 is 10.1 Å². The topological polar surface area (TPSA) is 51.5 Å². The first-order valence-electron chi connectivity index (χ1n) is 8.33. The fourth-order valence-corrected chi connectivity index (χ4v) is 3.08. The predicted molar refractivity (Wildman–Crippen MR) is 98.7 cm³/mol. The zero-order chi connectivity index (χ0) is 17.2. The molecule has 0 saturated carbocycles. The van der Waals surface area contributed by atoms with Gasteiger partial charge in [0, 0.05) is 24.3 Å². The van der Waals surface area contributed by atoms with E-state index in [1.807, 2.05) is 24.4 Å². The highest BCUT2D eigenvalue weighted by Crippen LogP contribution is 2.23. The zero-order valence-corrected chi connectivity index (χ0v) is 14.3. The second kappa shape index (κ2) is 6.53. The van der Waals surface area contributed by atoms with Crippen molar-refractivity contribution in [2.45, 2.75) is 19.5 Å². The normalized spacial score (nSPS) is 12.6. The van der Waals surface area contributed by atoms with Crippen molar-refractivity contribution in [3.63, 3.8) is 0 Å². The van der Waals surface area contributed by atoms with Crippen molar-refractivity contribution >= 4 is 16.3 Å². The third kappa shape index (κ3) is 3.06. The third-order valence-electron chi connectivity index (χ3n) is 4.52. The van der Waals surface area contributed by atoms with E-state index in [1.165, 1.54) is 16.3 Å². The summed E-state index contributed by atoms with van der Waals surface area (Å²) in [6, 6.07) is 16.8. The van der Waals surface area contributed by atoms with E-state index in [0.717, 1.165) is 23.4 Å². The van der Waals surface area contributed by atoms with Crippen LogP contribution in [0.4, 0.5) is 0 Å². The minimum Gasteiger partial charge on any atom is -0.497 e.